The molecule has 16 heavy (non-hydrogen) atoms. The van der Waals surface area contributed by atoms with Crippen LogP contribution in [-0.4, -0.2) is 35.3 Å². The summed E-state index contributed by atoms with van der Waals surface area (Å²) in [5.74, 6) is 0.304. The Morgan fingerprint density at radius 3 is 2.44 bits per heavy atom. The highest BCUT2D eigenvalue weighted by atomic mass is 16.1. The van der Waals surface area contributed by atoms with Crippen molar-refractivity contribution in [2.75, 3.05) is 19.6 Å². The summed E-state index contributed by atoms with van der Waals surface area (Å²) in [6.07, 6.45) is 4.63. The maximum absolute atomic E-state index is 11.7. The van der Waals surface area contributed by atoms with Gasteiger partial charge >= 0.3 is 0 Å². The van der Waals surface area contributed by atoms with Crippen LogP contribution in [0.4, 0.5) is 0 Å². The summed E-state index contributed by atoms with van der Waals surface area (Å²) in [5, 5.41) is 0. The van der Waals surface area contributed by atoms with Crippen molar-refractivity contribution in [1.82, 2.24) is 9.88 Å². The van der Waals surface area contributed by atoms with Gasteiger partial charge in [-0.25, -0.2) is 0 Å². The van der Waals surface area contributed by atoms with E-state index in [0.29, 0.717) is 18.6 Å². The normalized spacial score (nSPS) is 10.7. The summed E-state index contributed by atoms with van der Waals surface area (Å²) in [7, 11) is 0. The van der Waals surface area contributed by atoms with Gasteiger partial charge < -0.3 is 4.90 Å². The third-order valence-corrected chi connectivity index (χ3v) is 2.75. The van der Waals surface area contributed by atoms with Crippen LogP contribution in [0, 0.1) is 0 Å². The molecule has 0 bridgehead atoms. The lowest BCUT2D eigenvalue weighted by atomic mass is 10.1. The SMILES string of the molecule is CCN(CC)CCC(=O)Cc1ccncc1. The largest absolute Gasteiger partial charge is 0.303 e. The second kappa shape index (κ2) is 7.12. The summed E-state index contributed by atoms with van der Waals surface area (Å²) >= 11 is 0. The van der Waals surface area contributed by atoms with Crippen LogP contribution in [0.25, 0.3) is 0 Å². The molecule has 0 fully saturated rings. The molecule has 3 nitrogen and oxygen atoms in total. The van der Waals surface area contributed by atoms with Gasteiger partial charge in [-0.1, -0.05) is 13.8 Å². The Morgan fingerprint density at radius 2 is 1.88 bits per heavy atom. The highest BCUT2D eigenvalue weighted by Crippen LogP contribution is 2.01. The molecule has 0 saturated heterocycles. The molecule has 1 heterocycles. The number of nitrogens with zero attached hydrogens (tertiary/aromatic N) is 2. The van der Waals surface area contributed by atoms with Gasteiger partial charge in [0.15, 0.2) is 0 Å². The van der Waals surface area contributed by atoms with Crippen LogP contribution in [0.2, 0.25) is 0 Å². The molecular formula is C13H20N2O. The van der Waals surface area contributed by atoms with Gasteiger partial charge in [0.25, 0.3) is 0 Å². The van der Waals surface area contributed by atoms with E-state index in [4.69, 9.17) is 0 Å². The molecule has 3 heteroatoms. The topological polar surface area (TPSA) is 33.2 Å². The van der Waals surface area contributed by atoms with Crippen molar-refractivity contribution in [1.29, 1.82) is 0 Å². The molecule has 0 unspecified atom stereocenters. The highest BCUT2D eigenvalue weighted by molar-refractivity contribution is 5.80. The molecule has 0 aromatic carbocycles. The zero-order valence-electron chi connectivity index (χ0n) is 10.1. The Kier molecular flexibility index (Phi) is 5.72. The molecule has 1 rings (SSSR count). The first kappa shape index (κ1) is 12.8. The lowest BCUT2D eigenvalue weighted by molar-refractivity contribution is -0.118. The van der Waals surface area contributed by atoms with E-state index in [0.717, 1.165) is 25.2 Å². The number of Topliss-reactive ketones (excluding diaryl/α,β-unsaturated/α-hetero) is 1. The molecule has 0 aliphatic carbocycles. The Morgan fingerprint density at radius 1 is 1.25 bits per heavy atom. The van der Waals surface area contributed by atoms with Crippen LogP contribution >= 0.6 is 0 Å². The van der Waals surface area contributed by atoms with E-state index in [1.807, 2.05) is 12.1 Å². The average Bonchev–Trinajstić information content (AvgIpc) is 2.31. The molecule has 1 aromatic rings. The number of hydrogen-bond acceptors (Lipinski definition) is 3. The average molecular weight is 220 g/mol. The number of hydrogen-bond donors (Lipinski definition) is 0. The van der Waals surface area contributed by atoms with Crippen LogP contribution < -0.4 is 0 Å². The molecule has 0 atom stereocenters. The van der Waals surface area contributed by atoms with E-state index in [9.17, 15) is 4.79 Å². The molecule has 0 aliphatic rings. The van der Waals surface area contributed by atoms with Gasteiger partial charge in [0.05, 0.1) is 0 Å². The number of rotatable bonds is 7. The quantitative estimate of drug-likeness (QED) is 0.704. The van der Waals surface area contributed by atoms with Crippen molar-refractivity contribution in [3.8, 4) is 0 Å². The number of carbonyl (C=O) groups is 1. The van der Waals surface area contributed by atoms with Gasteiger partial charge in [0.2, 0.25) is 0 Å². The fourth-order valence-electron chi connectivity index (χ4n) is 1.64. The fourth-order valence-corrected chi connectivity index (χ4v) is 1.64. The first-order valence-electron chi connectivity index (χ1n) is 5.89. The molecule has 0 saturated carbocycles. The molecule has 88 valence electrons. The predicted octanol–water partition coefficient (Wildman–Crippen LogP) is 1.93. The lowest BCUT2D eigenvalue weighted by Crippen LogP contribution is -2.26. The molecule has 0 aliphatic heterocycles. The predicted molar refractivity (Wildman–Crippen MR) is 65.4 cm³/mol. The zero-order chi connectivity index (χ0) is 11.8. The van der Waals surface area contributed by atoms with Crippen molar-refractivity contribution >= 4 is 5.78 Å². The minimum Gasteiger partial charge on any atom is -0.303 e. The van der Waals surface area contributed by atoms with Crippen molar-refractivity contribution < 1.29 is 4.79 Å². The fraction of sp³-hybridized carbons (Fsp3) is 0.538. The van der Waals surface area contributed by atoms with Crippen molar-refractivity contribution in [3.63, 3.8) is 0 Å². The summed E-state index contributed by atoms with van der Waals surface area (Å²) < 4.78 is 0. The Bertz CT molecular complexity index is 307. The number of ketones is 1. The maximum atomic E-state index is 11.7. The van der Waals surface area contributed by atoms with Crippen LogP contribution in [0.5, 0.6) is 0 Å². The van der Waals surface area contributed by atoms with Crippen molar-refractivity contribution in [2.24, 2.45) is 0 Å². The summed E-state index contributed by atoms with van der Waals surface area (Å²) in [6.45, 7) is 7.14. The maximum Gasteiger partial charge on any atom is 0.138 e. The smallest absolute Gasteiger partial charge is 0.138 e. The summed E-state index contributed by atoms with van der Waals surface area (Å²) in [4.78, 5) is 17.9. The Labute approximate surface area is 97.5 Å². The van der Waals surface area contributed by atoms with E-state index >= 15 is 0 Å². The lowest BCUT2D eigenvalue weighted by Gasteiger charge is -2.16. The second-order valence-electron chi connectivity index (χ2n) is 3.85. The molecule has 1 aromatic heterocycles. The molecule has 0 N–H and O–H groups in total. The van der Waals surface area contributed by atoms with Crippen LogP contribution in [0.1, 0.15) is 25.8 Å². The third-order valence-electron chi connectivity index (χ3n) is 2.75. The monoisotopic (exact) mass is 220 g/mol. The minimum atomic E-state index is 0.304. The van der Waals surface area contributed by atoms with Crippen LogP contribution in [0.3, 0.4) is 0 Å². The van der Waals surface area contributed by atoms with E-state index < -0.39 is 0 Å². The van der Waals surface area contributed by atoms with E-state index in [1.54, 1.807) is 12.4 Å². The highest BCUT2D eigenvalue weighted by Gasteiger charge is 2.06. The van der Waals surface area contributed by atoms with Gasteiger partial charge in [-0.05, 0) is 30.8 Å². The minimum absolute atomic E-state index is 0.304. The zero-order valence-corrected chi connectivity index (χ0v) is 10.1. The second-order valence-corrected chi connectivity index (χ2v) is 3.85. The molecular weight excluding hydrogens is 200 g/mol. The van der Waals surface area contributed by atoms with Gasteiger partial charge in [0.1, 0.15) is 5.78 Å². The first-order valence-corrected chi connectivity index (χ1v) is 5.89. The summed E-state index contributed by atoms with van der Waals surface area (Å²) in [5.41, 5.74) is 1.06. The third kappa shape index (κ3) is 4.53. The molecule has 0 amide bonds. The summed E-state index contributed by atoms with van der Waals surface area (Å²) in [6, 6.07) is 3.80. The van der Waals surface area contributed by atoms with Gasteiger partial charge in [0, 0.05) is 31.8 Å². The van der Waals surface area contributed by atoms with Gasteiger partial charge in [-0.3, -0.25) is 9.78 Å². The number of aromatic nitrogens is 1. The van der Waals surface area contributed by atoms with E-state index in [-0.39, 0.29) is 0 Å². The van der Waals surface area contributed by atoms with Crippen molar-refractivity contribution in [3.05, 3.63) is 30.1 Å². The van der Waals surface area contributed by atoms with Crippen LogP contribution in [0.15, 0.2) is 24.5 Å². The van der Waals surface area contributed by atoms with E-state index in [1.165, 1.54) is 0 Å². The molecule has 0 radical (unpaired) electrons. The Hall–Kier alpha value is -1.22. The molecule has 0 spiro atoms. The number of pyridine rings is 1. The van der Waals surface area contributed by atoms with E-state index in [2.05, 4.69) is 23.7 Å². The number of carbonyl (C=O) groups excluding carboxylic acids is 1. The van der Waals surface area contributed by atoms with Gasteiger partial charge in [-0.2, -0.15) is 0 Å². The Balaban J connectivity index is 2.31. The first-order chi connectivity index (χ1) is 7.76. The van der Waals surface area contributed by atoms with Crippen LogP contribution in [-0.2, 0) is 11.2 Å². The van der Waals surface area contributed by atoms with Crippen molar-refractivity contribution in [2.45, 2.75) is 26.7 Å². The van der Waals surface area contributed by atoms with Gasteiger partial charge in [-0.15, -0.1) is 0 Å². The standard InChI is InChI=1S/C13H20N2O/c1-3-15(4-2)10-7-13(16)11-12-5-8-14-9-6-12/h5-6,8-9H,3-4,7,10-11H2,1-2H3.